The first-order chi connectivity index (χ1) is 16.2. The van der Waals surface area contributed by atoms with Gasteiger partial charge in [-0.2, -0.15) is 0 Å². The molecule has 2 heterocycles. The number of methoxy groups -OCH3 is 1. The van der Waals surface area contributed by atoms with Gasteiger partial charge in [0.25, 0.3) is 0 Å². The first-order valence-corrected chi connectivity index (χ1v) is 13.0. The number of ether oxygens (including phenoxy) is 2. The van der Waals surface area contributed by atoms with E-state index in [4.69, 9.17) is 9.47 Å². The standard InChI is InChI=1S/C25H28N4O4S/c1-16(18-6-5-7-19(12-18)20-8-9-26-15-20)27-25-21-13-24(33-10-11-34(4,30)31)23(32-3)14-22(21)28-17(2)29-25/h5-8,12-16H,9-11H2,1-4H3,(H,27,28,29)/t16-/m1/s1. The van der Waals surface area contributed by atoms with E-state index in [0.717, 1.165) is 28.6 Å². The van der Waals surface area contributed by atoms with Crippen LogP contribution in [0.1, 0.15) is 29.9 Å². The third-order valence-corrected chi connectivity index (χ3v) is 6.43. The Hall–Kier alpha value is -3.46. The maximum Gasteiger partial charge on any atom is 0.162 e. The van der Waals surface area contributed by atoms with Gasteiger partial charge in [0.05, 0.1) is 24.9 Å². The van der Waals surface area contributed by atoms with E-state index in [0.29, 0.717) is 28.7 Å². The maximum atomic E-state index is 11.5. The second kappa shape index (κ2) is 9.80. The molecular weight excluding hydrogens is 452 g/mol. The average molecular weight is 481 g/mol. The summed E-state index contributed by atoms with van der Waals surface area (Å²) in [5.74, 6) is 2.13. The van der Waals surface area contributed by atoms with Crippen LogP contribution in [0.4, 0.5) is 5.82 Å². The van der Waals surface area contributed by atoms with Crippen LogP contribution in [0, 0.1) is 6.92 Å². The van der Waals surface area contributed by atoms with Crippen LogP contribution in [0.3, 0.4) is 0 Å². The van der Waals surface area contributed by atoms with Gasteiger partial charge in [-0.1, -0.05) is 24.3 Å². The highest BCUT2D eigenvalue weighted by atomic mass is 32.2. The van der Waals surface area contributed by atoms with E-state index in [1.54, 1.807) is 12.1 Å². The van der Waals surface area contributed by atoms with E-state index in [1.165, 1.54) is 13.4 Å². The normalized spacial score (nSPS) is 14.2. The molecule has 4 rings (SSSR count). The molecule has 0 unspecified atom stereocenters. The van der Waals surface area contributed by atoms with Crippen LogP contribution in [0.2, 0.25) is 0 Å². The number of aromatic nitrogens is 2. The minimum absolute atomic E-state index is 0.0263. The minimum Gasteiger partial charge on any atom is -0.493 e. The second-order valence-electron chi connectivity index (χ2n) is 8.26. The molecule has 0 saturated heterocycles. The summed E-state index contributed by atoms with van der Waals surface area (Å²) in [6.07, 6.45) is 5.19. The molecule has 0 radical (unpaired) electrons. The maximum absolute atomic E-state index is 11.5. The van der Waals surface area contributed by atoms with Crippen LogP contribution >= 0.6 is 0 Å². The highest BCUT2D eigenvalue weighted by molar-refractivity contribution is 7.90. The lowest BCUT2D eigenvalue weighted by Gasteiger charge is -2.19. The van der Waals surface area contributed by atoms with Crippen LogP contribution in [0.25, 0.3) is 16.5 Å². The number of nitrogens with one attached hydrogen (secondary N) is 1. The van der Waals surface area contributed by atoms with Crippen molar-refractivity contribution >= 4 is 38.3 Å². The number of aliphatic imine (C=N–C) groups is 1. The Morgan fingerprint density at radius 1 is 1.15 bits per heavy atom. The number of hydrogen-bond donors (Lipinski definition) is 1. The molecule has 0 spiro atoms. The van der Waals surface area contributed by atoms with Gasteiger partial charge in [0.2, 0.25) is 0 Å². The predicted molar refractivity (Wildman–Crippen MR) is 136 cm³/mol. The van der Waals surface area contributed by atoms with E-state index >= 15 is 0 Å². The smallest absolute Gasteiger partial charge is 0.162 e. The van der Waals surface area contributed by atoms with Crippen molar-refractivity contribution in [1.29, 1.82) is 0 Å². The molecule has 3 aromatic rings. The predicted octanol–water partition coefficient (Wildman–Crippen LogP) is 4.01. The zero-order valence-corrected chi connectivity index (χ0v) is 20.5. The van der Waals surface area contributed by atoms with Crippen molar-refractivity contribution < 1.29 is 17.9 Å². The van der Waals surface area contributed by atoms with Gasteiger partial charge in [-0.15, -0.1) is 0 Å². The van der Waals surface area contributed by atoms with Gasteiger partial charge in [-0.25, -0.2) is 18.4 Å². The van der Waals surface area contributed by atoms with Crippen molar-refractivity contribution in [3.05, 3.63) is 59.4 Å². The van der Waals surface area contributed by atoms with Gasteiger partial charge >= 0.3 is 0 Å². The van der Waals surface area contributed by atoms with E-state index in [1.807, 2.05) is 19.2 Å². The summed E-state index contributed by atoms with van der Waals surface area (Å²) in [6, 6.07) is 11.9. The summed E-state index contributed by atoms with van der Waals surface area (Å²) in [7, 11) is -1.60. The second-order valence-corrected chi connectivity index (χ2v) is 10.5. The molecular formula is C25H28N4O4S. The third kappa shape index (κ3) is 5.53. The quantitative estimate of drug-likeness (QED) is 0.494. The summed E-state index contributed by atoms with van der Waals surface area (Å²) in [4.78, 5) is 13.5. The topological polar surface area (TPSA) is 103 Å². The Morgan fingerprint density at radius 2 is 1.97 bits per heavy atom. The largest absolute Gasteiger partial charge is 0.493 e. The number of fused-ring (bicyclic) bond motifs is 1. The van der Waals surface area contributed by atoms with Crippen molar-refractivity contribution in [3.63, 3.8) is 0 Å². The molecule has 2 aromatic carbocycles. The third-order valence-electron chi connectivity index (χ3n) is 5.52. The summed E-state index contributed by atoms with van der Waals surface area (Å²) in [6.45, 7) is 4.66. The number of hydrogen-bond acceptors (Lipinski definition) is 8. The first-order valence-electron chi connectivity index (χ1n) is 11.0. The molecule has 9 heteroatoms. The first kappa shape index (κ1) is 23.7. The lowest BCUT2D eigenvalue weighted by molar-refractivity contribution is 0.312. The molecule has 0 fully saturated rings. The fraction of sp³-hybridized carbons (Fsp3) is 0.320. The van der Waals surface area contributed by atoms with Crippen molar-refractivity contribution in [1.82, 2.24) is 9.97 Å². The molecule has 0 saturated carbocycles. The lowest BCUT2D eigenvalue weighted by Crippen LogP contribution is -2.13. The number of allylic oxidation sites excluding steroid dienone is 1. The fourth-order valence-electron chi connectivity index (χ4n) is 3.76. The zero-order chi connectivity index (χ0) is 24.3. The van der Waals surface area contributed by atoms with Gasteiger partial charge in [0, 0.05) is 30.0 Å². The monoisotopic (exact) mass is 480 g/mol. The molecule has 178 valence electrons. The van der Waals surface area contributed by atoms with Gasteiger partial charge in [-0.3, -0.25) is 4.99 Å². The van der Waals surface area contributed by atoms with Crippen LogP contribution < -0.4 is 14.8 Å². The number of anilines is 1. The molecule has 1 aromatic heterocycles. The summed E-state index contributed by atoms with van der Waals surface area (Å²) in [5.41, 5.74) is 4.07. The Balaban J connectivity index is 1.65. The van der Waals surface area contributed by atoms with Crippen LogP contribution in [-0.2, 0) is 9.84 Å². The molecule has 34 heavy (non-hydrogen) atoms. The Kier molecular flexibility index (Phi) is 6.83. The highest BCUT2D eigenvalue weighted by Gasteiger charge is 2.16. The number of aryl methyl sites for hydroxylation is 1. The van der Waals surface area contributed by atoms with Gasteiger partial charge in [0.15, 0.2) is 21.3 Å². The van der Waals surface area contributed by atoms with Crippen LogP contribution in [0.5, 0.6) is 11.5 Å². The number of nitrogens with zero attached hydrogens (tertiary/aromatic N) is 3. The molecule has 0 amide bonds. The van der Waals surface area contributed by atoms with Gasteiger partial charge in [-0.05, 0) is 42.7 Å². The van der Waals surface area contributed by atoms with Crippen molar-refractivity contribution in [3.8, 4) is 11.5 Å². The van der Waals surface area contributed by atoms with E-state index in [-0.39, 0.29) is 18.4 Å². The molecule has 1 aliphatic rings. The summed E-state index contributed by atoms with van der Waals surface area (Å²) in [5, 5.41) is 4.27. The zero-order valence-electron chi connectivity index (χ0n) is 19.7. The highest BCUT2D eigenvalue weighted by Crippen LogP contribution is 2.35. The molecule has 1 N–H and O–H groups in total. The Morgan fingerprint density at radius 3 is 2.68 bits per heavy atom. The Bertz CT molecular complexity index is 1380. The summed E-state index contributed by atoms with van der Waals surface area (Å²) < 4.78 is 34.2. The number of sulfone groups is 1. The SMILES string of the molecule is COc1cc2nc(C)nc(N[C@H](C)c3cccc(C4=CCN=C4)c3)c2cc1OCCS(C)(=O)=O. The van der Waals surface area contributed by atoms with Gasteiger partial charge < -0.3 is 14.8 Å². The summed E-state index contributed by atoms with van der Waals surface area (Å²) >= 11 is 0. The van der Waals surface area contributed by atoms with Crippen molar-refractivity contribution in [2.75, 3.05) is 37.6 Å². The number of benzene rings is 2. The molecule has 1 aliphatic heterocycles. The molecule has 8 nitrogen and oxygen atoms in total. The van der Waals surface area contributed by atoms with Crippen LogP contribution in [-0.4, -0.2) is 56.9 Å². The van der Waals surface area contributed by atoms with Crippen molar-refractivity contribution in [2.45, 2.75) is 19.9 Å². The van der Waals surface area contributed by atoms with E-state index < -0.39 is 9.84 Å². The Labute approximate surface area is 199 Å². The van der Waals surface area contributed by atoms with Gasteiger partial charge in [0.1, 0.15) is 18.2 Å². The number of rotatable bonds is 9. The molecule has 0 bridgehead atoms. The molecule has 0 aliphatic carbocycles. The van der Waals surface area contributed by atoms with E-state index in [9.17, 15) is 8.42 Å². The average Bonchev–Trinajstić information content (AvgIpc) is 3.33. The minimum atomic E-state index is -3.14. The fourth-order valence-corrected chi connectivity index (χ4v) is 4.15. The van der Waals surface area contributed by atoms with E-state index in [2.05, 4.69) is 51.5 Å². The molecule has 1 atom stereocenters. The van der Waals surface area contributed by atoms with Crippen molar-refractivity contribution in [2.24, 2.45) is 4.99 Å². The van der Waals surface area contributed by atoms with Crippen LogP contribution in [0.15, 0.2) is 47.5 Å². The lowest BCUT2D eigenvalue weighted by atomic mass is 10.0.